The molecule has 3 rings (SSSR count). The average Bonchev–Trinajstić information content (AvgIpc) is 2.98. The summed E-state index contributed by atoms with van der Waals surface area (Å²) in [7, 11) is 0. The van der Waals surface area contributed by atoms with Crippen LogP contribution in [0.3, 0.4) is 0 Å². The van der Waals surface area contributed by atoms with Gasteiger partial charge in [0.2, 0.25) is 11.8 Å². The van der Waals surface area contributed by atoms with Crippen molar-refractivity contribution in [3.63, 3.8) is 0 Å². The Kier molecular flexibility index (Phi) is 3.33. The Morgan fingerprint density at radius 1 is 0.800 bits per heavy atom. The van der Waals surface area contributed by atoms with Crippen LogP contribution in [0.1, 0.15) is 25.3 Å². The monoisotopic (exact) mass is 264 g/mol. The first-order valence-electron chi connectivity index (χ1n) is 6.73. The maximum atomic E-state index is 5.77. The lowest BCUT2D eigenvalue weighted by molar-refractivity contribution is 0.584. The van der Waals surface area contributed by atoms with Crippen molar-refractivity contribution in [2.24, 2.45) is 0 Å². The number of rotatable bonds is 3. The minimum Gasteiger partial charge on any atom is -0.416 e. The van der Waals surface area contributed by atoms with Crippen LogP contribution >= 0.6 is 0 Å². The molecule has 0 fully saturated rings. The zero-order valence-electron chi connectivity index (χ0n) is 11.6. The molecule has 0 saturated carbocycles. The van der Waals surface area contributed by atoms with Gasteiger partial charge in [-0.1, -0.05) is 44.2 Å². The molecule has 3 heteroatoms. The van der Waals surface area contributed by atoms with Gasteiger partial charge in [0, 0.05) is 11.1 Å². The van der Waals surface area contributed by atoms with Crippen LogP contribution in [0.25, 0.3) is 22.9 Å². The van der Waals surface area contributed by atoms with E-state index in [1.54, 1.807) is 0 Å². The summed E-state index contributed by atoms with van der Waals surface area (Å²) in [5, 5.41) is 8.27. The Morgan fingerprint density at radius 2 is 1.45 bits per heavy atom. The van der Waals surface area contributed by atoms with Gasteiger partial charge in [-0.25, -0.2) is 0 Å². The molecular weight excluding hydrogens is 248 g/mol. The van der Waals surface area contributed by atoms with E-state index in [0.717, 1.165) is 11.1 Å². The van der Waals surface area contributed by atoms with Crippen LogP contribution in [0, 0.1) is 0 Å². The molecule has 100 valence electrons. The maximum absolute atomic E-state index is 5.77. The molecule has 0 aliphatic carbocycles. The van der Waals surface area contributed by atoms with Gasteiger partial charge in [0.05, 0.1) is 0 Å². The van der Waals surface area contributed by atoms with Crippen LogP contribution in [-0.4, -0.2) is 10.2 Å². The van der Waals surface area contributed by atoms with Gasteiger partial charge in [-0.2, -0.15) is 0 Å². The molecule has 2 aromatic carbocycles. The minimum atomic E-state index is 0.478. The number of nitrogens with zero attached hydrogens (tertiary/aromatic N) is 2. The minimum absolute atomic E-state index is 0.478. The number of hydrogen-bond donors (Lipinski definition) is 0. The van der Waals surface area contributed by atoms with Crippen molar-refractivity contribution in [3.8, 4) is 22.9 Å². The second kappa shape index (κ2) is 5.29. The van der Waals surface area contributed by atoms with Crippen molar-refractivity contribution >= 4 is 0 Å². The zero-order valence-corrected chi connectivity index (χ0v) is 11.6. The van der Waals surface area contributed by atoms with Gasteiger partial charge in [0.15, 0.2) is 0 Å². The maximum Gasteiger partial charge on any atom is 0.248 e. The van der Waals surface area contributed by atoms with Gasteiger partial charge in [-0.05, 0) is 35.7 Å². The molecule has 0 amide bonds. The zero-order chi connectivity index (χ0) is 13.9. The second-order valence-corrected chi connectivity index (χ2v) is 5.06. The van der Waals surface area contributed by atoms with Crippen molar-refractivity contribution in [2.45, 2.75) is 19.8 Å². The highest BCUT2D eigenvalue weighted by Gasteiger charge is 2.11. The first kappa shape index (κ1) is 12.6. The molecule has 1 aromatic heterocycles. The summed E-state index contributed by atoms with van der Waals surface area (Å²) in [6.45, 7) is 4.34. The highest BCUT2D eigenvalue weighted by atomic mass is 16.4. The lowest BCUT2D eigenvalue weighted by Crippen LogP contribution is -1.87. The highest BCUT2D eigenvalue weighted by molar-refractivity contribution is 5.58. The van der Waals surface area contributed by atoms with Crippen molar-refractivity contribution in [3.05, 3.63) is 60.2 Å². The van der Waals surface area contributed by atoms with Gasteiger partial charge >= 0.3 is 0 Å². The standard InChI is InChI=1S/C17H16N2O/c1-12(2)14-9-6-10-15(11-14)17-19-18-16(20-17)13-7-4-3-5-8-13/h3-12H,1-2H3. The summed E-state index contributed by atoms with van der Waals surface area (Å²) in [5.74, 6) is 1.59. The van der Waals surface area contributed by atoms with E-state index in [9.17, 15) is 0 Å². The summed E-state index contributed by atoms with van der Waals surface area (Å²) in [4.78, 5) is 0. The third-order valence-electron chi connectivity index (χ3n) is 3.25. The third-order valence-corrected chi connectivity index (χ3v) is 3.25. The van der Waals surface area contributed by atoms with E-state index < -0.39 is 0 Å². The quantitative estimate of drug-likeness (QED) is 0.697. The number of hydrogen-bond acceptors (Lipinski definition) is 3. The first-order chi connectivity index (χ1) is 9.74. The predicted octanol–water partition coefficient (Wildman–Crippen LogP) is 4.53. The molecule has 0 N–H and O–H groups in total. The molecule has 0 atom stereocenters. The molecule has 3 nitrogen and oxygen atoms in total. The SMILES string of the molecule is CC(C)c1cccc(-c2nnc(-c3ccccc3)o2)c1. The largest absolute Gasteiger partial charge is 0.416 e. The molecule has 20 heavy (non-hydrogen) atoms. The van der Waals surface area contributed by atoms with E-state index in [2.05, 4.69) is 36.2 Å². The molecule has 1 heterocycles. The fraction of sp³-hybridized carbons (Fsp3) is 0.176. The van der Waals surface area contributed by atoms with Gasteiger partial charge in [-0.3, -0.25) is 0 Å². The lowest BCUT2D eigenvalue weighted by Gasteiger charge is -2.05. The van der Waals surface area contributed by atoms with Gasteiger partial charge in [0.25, 0.3) is 0 Å². The topological polar surface area (TPSA) is 38.9 Å². The molecule has 0 aliphatic heterocycles. The first-order valence-corrected chi connectivity index (χ1v) is 6.73. The van der Waals surface area contributed by atoms with Crippen LogP contribution in [0.15, 0.2) is 59.0 Å². The summed E-state index contributed by atoms with van der Waals surface area (Å²) >= 11 is 0. The van der Waals surface area contributed by atoms with Gasteiger partial charge < -0.3 is 4.42 Å². The predicted molar refractivity (Wildman–Crippen MR) is 79.3 cm³/mol. The van der Waals surface area contributed by atoms with Crippen molar-refractivity contribution in [1.29, 1.82) is 0 Å². The molecule has 0 radical (unpaired) electrons. The Hall–Kier alpha value is -2.42. The Bertz CT molecular complexity index is 702. The van der Waals surface area contributed by atoms with E-state index in [1.165, 1.54) is 5.56 Å². The van der Waals surface area contributed by atoms with Crippen LogP contribution < -0.4 is 0 Å². The summed E-state index contributed by atoms with van der Waals surface area (Å²) in [5.41, 5.74) is 3.17. The van der Waals surface area contributed by atoms with E-state index >= 15 is 0 Å². The normalized spacial score (nSPS) is 10.9. The fourth-order valence-electron chi connectivity index (χ4n) is 2.07. The van der Waals surface area contributed by atoms with E-state index in [-0.39, 0.29) is 0 Å². The summed E-state index contributed by atoms with van der Waals surface area (Å²) in [6.07, 6.45) is 0. The van der Waals surface area contributed by atoms with E-state index in [4.69, 9.17) is 4.42 Å². The van der Waals surface area contributed by atoms with Crippen LogP contribution in [0.4, 0.5) is 0 Å². The molecule has 0 aliphatic rings. The average molecular weight is 264 g/mol. The summed E-state index contributed by atoms with van der Waals surface area (Å²) < 4.78 is 5.77. The van der Waals surface area contributed by atoms with Crippen molar-refractivity contribution in [1.82, 2.24) is 10.2 Å². The molecule has 0 saturated heterocycles. The Morgan fingerprint density at radius 3 is 2.15 bits per heavy atom. The summed E-state index contributed by atoms with van der Waals surface area (Å²) in [6, 6.07) is 18.0. The molecule has 3 aromatic rings. The smallest absolute Gasteiger partial charge is 0.248 e. The third kappa shape index (κ3) is 2.48. The van der Waals surface area contributed by atoms with Crippen LogP contribution in [0.2, 0.25) is 0 Å². The lowest BCUT2D eigenvalue weighted by atomic mass is 10.0. The van der Waals surface area contributed by atoms with E-state index in [1.807, 2.05) is 42.5 Å². The van der Waals surface area contributed by atoms with Gasteiger partial charge in [0.1, 0.15) is 0 Å². The highest BCUT2D eigenvalue weighted by Crippen LogP contribution is 2.26. The second-order valence-electron chi connectivity index (χ2n) is 5.06. The Balaban J connectivity index is 1.96. The van der Waals surface area contributed by atoms with Crippen molar-refractivity contribution < 1.29 is 4.42 Å². The molecule has 0 spiro atoms. The number of benzene rings is 2. The van der Waals surface area contributed by atoms with Gasteiger partial charge in [-0.15, -0.1) is 10.2 Å². The molecule has 0 unspecified atom stereocenters. The van der Waals surface area contributed by atoms with E-state index in [0.29, 0.717) is 17.7 Å². The molecule has 0 bridgehead atoms. The van der Waals surface area contributed by atoms with Crippen LogP contribution in [-0.2, 0) is 0 Å². The Labute approximate surface area is 118 Å². The number of aromatic nitrogens is 2. The fourth-order valence-corrected chi connectivity index (χ4v) is 2.07. The van der Waals surface area contributed by atoms with Crippen LogP contribution in [0.5, 0.6) is 0 Å². The molecular formula is C17H16N2O. The van der Waals surface area contributed by atoms with Crippen molar-refractivity contribution in [2.75, 3.05) is 0 Å².